The number of alkyl halides is 3. The van der Waals surface area contributed by atoms with Crippen LogP contribution in [0.4, 0.5) is 23.2 Å². The second kappa shape index (κ2) is 11.6. The van der Waals surface area contributed by atoms with E-state index in [0.29, 0.717) is 5.69 Å². The number of ether oxygens (including phenoxy) is 1. The van der Waals surface area contributed by atoms with Gasteiger partial charge in [-0.2, -0.15) is 0 Å². The normalized spacial score (nSPS) is 22.1. The summed E-state index contributed by atoms with van der Waals surface area (Å²) in [4.78, 5) is 28.6. The summed E-state index contributed by atoms with van der Waals surface area (Å²) in [6.07, 6.45) is -1.21. The predicted molar refractivity (Wildman–Crippen MR) is 131 cm³/mol. The number of carbonyl (C=O) groups excluding carboxylic acids is 1. The zero-order valence-corrected chi connectivity index (χ0v) is 20.9. The molecule has 0 radical (unpaired) electrons. The number of halogens is 4. The van der Waals surface area contributed by atoms with Crippen molar-refractivity contribution in [1.29, 1.82) is 0 Å². The molecule has 2 fully saturated rings. The third-order valence-electron chi connectivity index (χ3n) is 7.12. The number of amides is 1. The van der Waals surface area contributed by atoms with Crippen molar-refractivity contribution in [1.82, 2.24) is 14.8 Å². The maximum Gasteiger partial charge on any atom is 0.266 e. The topological polar surface area (TPSA) is 75.6 Å². The highest BCUT2D eigenvalue weighted by molar-refractivity contribution is 5.99. The van der Waals surface area contributed by atoms with Crippen LogP contribution in [0.25, 0.3) is 0 Å². The Morgan fingerprint density at radius 1 is 1.16 bits per heavy atom. The van der Waals surface area contributed by atoms with Crippen molar-refractivity contribution in [2.75, 3.05) is 38.7 Å². The molecule has 0 unspecified atom stereocenters. The van der Waals surface area contributed by atoms with Gasteiger partial charge in [-0.3, -0.25) is 9.59 Å². The molecule has 0 bridgehead atoms. The number of benzene rings is 1. The Labute approximate surface area is 212 Å². The van der Waals surface area contributed by atoms with Crippen molar-refractivity contribution in [2.45, 2.75) is 56.9 Å². The molecular formula is C26H32F4N4O3. The number of nitrogens with zero attached hydrogens (tertiary/aromatic N) is 2. The summed E-state index contributed by atoms with van der Waals surface area (Å²) < 4.78 is 62.0. The number of carbonyl (C=O) groups is 1. The summed E-state index contributed by atoms with van der Waals surface area (Å²) in [6, 6.07) is 3.22. The van der Waals surface area contributed by atoms with Crippen LogP contribution in [-0.2, 0) is 4.74 Å². The van der Waals surface area contributed by atoms with Gasteiger partial charge in [0.05, 0.1) is 35.5 Å². The van der Waals surface area contributed by atoms with Gasteiger partial charge in [0.25, 0.3) is 17.9 Å². The minimum atomic E-state index is -3.00. The Bertz CT molecular complexity index is 1170. The molecule has 0 aliphatic carbocycles. The predicted octanol–water partition coefficient (Wildman–Crippen LogP) is 4.22. The van der Waals surface area contributed by atoms with Gasteiger partial charge in [-0.25, -0.2) is 17.6 Å². The van der Waals surface area contributed by atoms with Crippen molar-refractivity contribution in [3.8, 4) is 0 Å². The Morgan fingerprint density at radius 2 is 1.86 bits per heavy atom. The lowest BCUT2D eigenvalue weighted by Crippen LogP contribution is -2.40. The number of pyridine rings is 1. The van der Waals surface area contributed by atoms with E-state index in [-0.39, 0.29) is 36.8 Å². The number of hydrogen-bond donors (Lipinski definition) is 2. The van der Waals surface area contributed by atoms with Crippen LogP contribution in [0, 0.1) is 5.82 Å². The molecule has 2 aliphatic rings. The smallest absolute Gasteiger partial charge is 0.266 e. The summed E-state index contributed by atoms with van der Waals surface area (Å²) in [6.45, 7) is 3.31. The van der Waals surface area contributed by atoms with Crippen LogP contribution >= 0.6 is 0 Å². The monoisotopic (exact) mass is 524 g/mol. The van der Waals surface area contributed by atoms with Crippen molar-refractivity contribution in [3.05, 3.63) is 63.3 Å². The SMILES string of the molecule is C[C@@H](NC(=O)c1cn([C@H]2CCOC[C@@H]2F)c(=O)cc1NC1CCN(C)CC1)c1cccc(C(F)F)c1F. The minimum absolute atomic E-state index is 0.0209. The molecule has 2 aromatic rings. The molecule has 1 aromatic heterocycles. The summed E-state index contributed by atoms with van der Waals surface area (Å²) in [5.74, 6) is -1.72. The van der Waals surface area contributed by atoms with Gasteiger partial charge in [-0.15, -0.1) is 0 Å². The third-order valence-corrected chi connectivity index (χ3v) is 7.12. The Balaban J connectivity index is 1.65. The van der Waals surface area contributed by atoms with Crippen LogP contribution in [0.2, 0.25) is 0 Å². The molecule has 1 amide bonds. The van der Waals surface area contributed by atoms with Crippen molar-refractivity contribution >= 4 is 11.6 Å². The summed E-state index contributed by atoms with van der Waals surface area (Å²) in [7, 11) is 2.01. The number of likely N-dealkylation sites (tertiary alicyclic amines) is 1. The van der Waals surface area contributed by atoms with Crippen molar-refractivity contribution in [3.63, 3.8) is 0 Å². The lowest BCUT2D eigenvalue weighted by atomic mass is 10.0. The standard InChI is InChI=1S/C26H32F4N4O3/c1-15(17-4-3-5-18(24(17)28)25(29)30)31-26(36)19-13-34(22-8-11-37-14-20(22)27)23(35)12-21(19)32-16-6-9-33(2)10-7-16/h3-5,12-13,15-16,20,22,25,32H,6-11,14H2,1-2H3,(H,31,36)/t15-,20+,22+/m1/s1. The zero-order valence-electron chi connectivity index (χ0n) is 20.9. The van der Waals surface area contributed by atoms with Gasteiger partial charge in [0, 0.05) is 30.5 Å². The second-order valence-corrected chi connectivity index (χ2v) is 9.76. The fourth-order valence-corrected chi connectivity index (χ4v) is 4.91. The number of piperidine rings is 1. The van der Waals surface area contributed by atoms with Crippen LogP contribution in [0.15, 0.2) is 35.3 Å². The minimum Gasteiger partial charge on any atom is -0.381 e. The first-order chi connectivity index (χ1) is 17.7. The van der Waals surface area contributed by atoms with Crippen molar-refractivity contribution < 1.29 is 27.1 Å². The number of rotatable bonds is 7. The summed E-state index contributed by atoms with van der Waals surface area (Å²) >= 11 is 0. The van der Waals surface area contributed by atoms with Gasteiger partial charge in [0.2, 0.25) is 0 Å². The second-order valence-electron chi connectivity index (χ2n) is 9.76. The molecule has 0 saturated carbocycles. The Hall–Kier alpha value is -2.92. The molecule has 37 heavy (non-hydrogen) atoms. The van der Waals surface area contributed by atoms with Gasteiger partial charge < -0.3 is 24.8 Å². The number of anilines is 1. The van der Waals surface area contributed by atoms with E-state index in [1.165, 1.54) is 35.9 Å². The molecule has 4 rings (SSSR count). The lowest BCUT2D eigenvalue weighted by Gasteiger charge is -2.31. The van der Waals surface area contributed by atoms with Crippen LogP contribution in [-0.4, -0.2) is 60.9 Å². The average Bonchev–Trinajstić information content (AvgIpc) is 2.86. The number of hydrogen-bond acceptors (Lipinski definition) is 5. The molecule has 1 aromatic carbocycles. The first-order valence-corrected chi connectivity index (χ1v) is 12.5. The maximum absolute atomic E-state index is 14.7. The fourth-order valence-electron chi connectivity index (χ4n) is 4.91. The van der Waals surface area contributed by atoms with Crippen LogP contribution in [0.1, 0.15) is 66.2 Å². The maximum atomic E-state index is 14.7. The van der Waals surface area contributed by atoms with E-state index in [0.717, 1.165) is 32.0 Å². The molecule has 0 spiro atoms. The van der Waals surface area contributed by atoms with Gasteiger partial charge in [0.1, 0.15) is 12.0 Å². The molecule has 2 N–H and O–H groups in total. The highest BCUT2D eigenvalue weighted by Crippen LogP contribution is 2.29. The lowest BCUT2D eigenvalue weighted by molar-refractivity contribution is 0.00232. The first kappa shape index (κ1) is 27.1. The Kier molecular flexibility index (Phi) is 8.53. The van der Waals surface area contributed by atoms with E-state index >= 15 is 0 Å². The summed E-state index contributed by atoms with van der Waals surface area (Å²) in [5.41, 5.74) is -0.896. The molecule has 3 heterocycles. The van der Waals surface area contributed by atoms with Gasteiger partial charge in [-0.1, -0.05) is 18.2 Å². The van der Waals surface area contributed by atoms with E-state index < -0.39 is 47.5 Å². The molecule has 2 saturated heterocycles. The Morgan fingerprint density at radius 3 is 2.54 bits per heavy atom. The van der Waals surface area contributed by atoms with Gasteiger partial charge >= 0.3 is 0 Å². The van der Waals surface area contributed by atoms with Crippen molar-refractivity contribution in [2.24, 2.45) is 0 Å². The van der Waals surface area contributed by atoms with Crippen LogP contribution in [0.3, 0.4) is 0 Å². The number of nitrogens with one attached hydrogen (secondary N) is 2. The highest BCUT2D eigenvalue weighted by atomic mass is 19.3. The van der Waals surface area contributed by atoms with E-state index in [9.17, 15) is 27.2 Å². The molecular weight excluding hydrogens is 492 g/mol. The van der Waals surface area contributed by atoms with E-state index in [2.05, 4.69) is 15.5 Å². The largest absolute Gasteiger partial charge is 0.381 e. The van der Waals surface area contributed by atoms with Crippen LogP contribution < -0.4 is 16.2 Å². The van der Waals surface area contributed by atoms with Gasteiger partial charge in [0.15, 0.2) is 0 Å². The van der Waals surface area contributed by atoms with E-state index in [4.69, 9.17) is 4.74 Å². The third kappa shape index (κ3) is 6.15. The average molecular weight is 525 g/mol. The van der Waals surface area contributed by atoms with Gasteiger partial charge in [-0.05, 0) is 46.3 Å². The summed E-state index contributed by atoms with van der Waals surface area (Å²) in [5, 5.41) is 5.95. The number of aromatic nitrogens is 1. The molecule has 7 nitrogen and oxygen atoms in total. The molecule has 3 atom stereocenters. The molecule has 11 heteroatoms. The van der Waals surface area contributed by atoms with Crippen LogP contribution in [0.5, 0.6) is 0 Å². The zero-order chi connectivity index (χ0) is 26.7. The quantitative estimate of drug-likeness (QED) is 0.531. The first-order valence-electron chi connectivity index (χ1n) is 12.5. The van der Waals surface area contributed by atoms with E-state index in [1.807, 2.05) is 7.05 Å². The fraction of sp³-hybridized carbons (Fsp3) is 0.538. The van der Waals surface area contributed by atoms with E-state index in [1.54, 1.807) is 0 Å². The molecule has 202 valence electrons. The molecule has 2 aliphatic heterocycles. The highest BCUT2D eigenvalue weighted by Gasteiger charge is 2.30.